The summed E-state index contributed by atoms with van der Waals surface area (Å²) in [4.78, 5) is 25.0. The Balaban J connectivity index is 1.60. The molecular formula is C25H28F2N2O5. The standard InChI is InChI=1S/C25H28F2N2O5/c1-24(2)6-5-18-15-8-22(34-13-14-10-25(26,27)11-14)21(32-3)7-16(15)19-9-20(30)17(23(31)33-4)12-28(19)29(18)24/h7-9,12,14,18H,5-6,10-11,13H2,1-4H3/t18-/m1/s1. The summed E-state index contributed by atoms with van der Waals surface area (Å²) in [6.45, 7) is 4.44. The third kappa shape index (κ3) is 3.52. The number of esters is 1. The van der Waals surface area contributed by atoms with Crippen LogP contribution in [0.4, 0.5) is 8.78 Å². The van der Waals surface area contributed by atoms with Crippen LogP contribution in [0.2, 0.25) is 0 Å². The molecule has 34 heavy (non-hydrogen) atoms. The number of carbonyl (C=O) groups excluding carboxylic acids is 1. The summed E-state index contributed by atoms with van der Waals surface area (Å²) in [6, 6.07) is 5.16. The largest absolute Gasteiger partial charge is 0.493 e. The molecule has 182 valence electrons. The number of aromatic nitrogens is 1. The van der Waals surface area contributed by atoms with Crippen LogP contribution in [0.3, 0.4) is 0 Å². The number of ether oxygens (including phenoxy) is 3. The Kier molecular flexibility index (Phi) is 5.15. The van der Waals surface area contributed by atoms with Gasteiger partial charge in [0, 0.05) is 36.6 Å². The highest BCUT2D eigenvalue weighted by Crippen LogP contribution is 2.51. The first kappa shape index (κ1) is 22.7. The number of nitrogens with zero attached hydrogens (tertiary/aromatic N) is 2. The molecule has 0 amide bonds. The van der Waals surface area contributed by atoms with E-state index in [0.717, 1.165) is 24.0 Å². The van der Waals surface area contributed by atoms with Crippen LogP contribution >= 0.6 is 0 Å². The van der Waals surface area contributed by atoms with Gasteiger partial charge in [-0.05, 0) is 44.4 Å². The summed E-state index contributed by atoms with van der Waals surface area (Å²) in [7, 11) is 2.77. The van der Waals surface area contributed by atoms with Gasteiger partial charge in [0.05, 0.1) is 38.1 Å². The van der Waals surface area contributed by atoms with E-state index >= 15 is 0 Å². The van der Waals surface area contributed by atoms with Crippen molar-refractivity contribution in [2.24, 2.45) is 5.92 Å². The molecule has 1 saturated carbocycles. The zero-order valence-electron chi connectivity index (χ0n) is 19.7. The number of hydrogen-bond acceptors (Lipinski definition) is 6. The van der Waals surface area contributed by atoms with E-state index in [1.807, 2.05) is 16.8 Å². The van der Waals surface area contributed by atoms with Gasteiger partial charge in [0.2, 0.25) is 5.92 Å². The molecule has 0 bridgehead atoms. The Bertz CT molecular complexity index is 1210. The third-order valence-electron chi connectivity index (χ3n) is 7.23. The van der Waals surface area contributed by atoms with E-state index in [9.17, 15) is 18.4 Å². The summed E-state index contributed by atoms with van der Waals surface area (Å²) in [5, 5.41) is 2.18. The number of methoxy groups -OCH3 is 2. The second-order valence-corrected chi connectivity index (χ2v) is 10.0. The van der Waals surface area contributed by atoms with Crippen LogP contribution < -0.4 is 19.9 Å². The molecule has 2 aromatic rings. The van der Waals surface area contributed by atoms with E-state index in [4.69, 9.17) is 14.2 Å². The summed E-state index contributed by atoms with van der Waals surface area (Å²) in [5.74, 6) is -2.49. The summed E-state index contributed by atoms with van der Waals surface area (Å²) in [5.41, 5.74) is 1.74. The van der Waals surface area contributed by atoms with Crippen LogP contribution in [0.5, 0.6) is 11.5 Å². The molecule has 3 heterocycles. The SMILES string of the molecule is COC(=O)c1cn2c(cc1=O)-c1cc(OC)c(OCC3CC(F)(F)C3)cc1[C@H]1CCC(C)(C)N12. The van der Waals surface area contributed by atoms with Gasteiger partial charge in [-0.25, -0.2) is 13.6 Å². The van der Waals surface area contributed by atoms with Gasteiger partial charge in [-0.2, -0.15) is 0 Å². The van der Waals surface area contributed by atoms with Crippen LogP contribution in [-0.2, 0) is 4.74 Å². The molecule has 7 nitrogen and oxygen atoms in total. The van der Waals surface area contributed by atoms with Gasteiger partial charge in [-0.1, -0.05) is 0 Å². The van der Waals surface area contributed by atoms with Gasteiger partial charge >= 0.3 is 5.97 Å². The van der Waals surface area contributed by atoms with Gasteiger partial charge in [0.15, 0.2) is 16.9 Å². The lowest BCUT2D eigenvalue weighted by atomic mass is 9.82. The predicted molar refractivity (Wildman–Crippen MR) is 121 cm³/mol. The minimum atomic E-state index is -2.59. The normalized spacial score (nSPS) is 21.7. The minimum absolute atomic E-state index is 0.0215. The van der Waals surface area contributed by atoms with Crippen molar-refractivity contribution >= 4 is 5.97 Å². The lowest BCUT2D eigenvalue weighted by Crippen LogP contribution is -2.50. The molecule has 9 heteroatoms. The highest BCUT2D eigenvalue weighted by molar-refractivity contribution is 5.89. The summed E-state index contributed by atoms with van der Waals surface area (Å²) in [6.07, 6.45) is 2.99. The molecule has 0 unspecified atom stereocenters. The number of carbonyl (C=O) groups is 1. The highest BCUT2D eigenvalue weighted by Gasteiger charge is 2.47. The average Bonchev–Trinajstić information content (AvgIpc) is 3.10. The maximum Gasteiger partial charge on any atom is 0.343 e. The predicted octanol–water partition coefficient (Wildman–Crippen LogP) is 4.30. The monoisotopic (exact) mass is 474 g/mol. The van der Waals surface area contributed by atoms with E-state index in [1.54, 1.807) is 6.20 Å². The highest BCUT2D eigenvalue weighted by atomic mass is 19.3. The molecule has 2 fully saturated rings. The summed E-state index contributed by atoms with van der Waals surface area (Å²) >= 11 is 0. The first-order chi connectivity index (χ1) is 16.0. The first-order valence-corrected chi connectivity index (χ1v) is 11.4. The van der Waals surface area contributed by atoms with Crippen molar-refractivity contribution in [3.05, 3.63) is 45.7 Å². The molecule has 3 aliphatic rings. The van der Waals surface area contributed by atoms with E-state index in [-0.39, 0.29) is 42.5 Å². The van der Waals surface area contributed by atoms with Crippen molar-refractivity contribution in [1.82, 2.24) is 4.68 Å². The number of hydrogen-bond donors (Lipinski definition) is 0. The molecule has 1 saturated heterocycles. The molecule has 0 radical (unpaired) electrons. The maximum atomic E-state index is 13.2. The molecular weight excluding hydrogens is 446 g/mol. The summed E-state index contributed by atoms with van der Waals surface area (Å²) < 4.78 is 44.7. The van der Waals surface area contributed by atoms with Gasteiger partial charge in [-0.3, -0.25) is 14.5 Å². The number of rotatable bonds is 5. The van der Waals surface area contributed by atoms with E-state index < -0.39 is 17.3 Å². The lowest BCUT2D eigenvalue weighted by molar-refractivity contribution is -0.119. The smallest absolute Gasteiger partial charge is 0.343 e. The van der Waals surface area contributed by atoms with Gasteiger partial charge in [-0.15, -0.1) is 0 Å². The Morgan fingerprint density at radius 3 is 2.53 bits per heavy atom. The number of halogens is 2. The Morgan fingerprint density at radius 1 is 1.15 bits per heavy atom. The van der Waals surface area contributed by atoms with Crippen molar-refractivity contribution in [1.29, 1.82) is 0 Å². The fourth-order valence-electron chi connectivity index (χ4n) is 5.50. The number of alkyl halides is 2. The van der Waals surface area contributed by atoms with Crippen molar-refractivity contribution in [2.75, 3.05) is 25.8 Å². The van der Waals surface area contributed by atoms with Crippen molar-refractivity contribution in [2.45, 2.75) is 57.0 Å². The van der Waals surface area contributed by atoms with E-state index in [2.05, 4.69) is 18.9 Å². The molecule has 1 aromatic carbocycles. The molecule has 0 N–H and O–H groups in total. The van der Waals surface area contributed by atoms with E-state index in [0.29, 0.717) is 17.2 Å². The maximum absolute atomic E-state index is 13.2. The number of pyridine rings is 1. The zero-order valence-corrected chi connectivity index (χ0v) is 19.7. The second kappa shape index (κ2) is 7.71. The molecule has 2 aliphatic heterocycles. The van der Waals surface area contributed by atoms with Crippen LogP contribution in [0.15, 0.2) is 29.2 Å². The molecule has 1 aliphatic carbocycles. The number of fused-ring (bicyclic) bond motifs is 6. The third-order valence-corrected chi connectivity index (χ3v) is 7.23. The van der Waals surface area contributed by atoms with Gasteiger partial charge in [0.25, 0.3) is 0 Å². The van der Waals surface area contributed by atoms with Crippen LogP contribution in [0.25, 0.3) is 11.3 Å². The first-order valence-electron chi connectivity index (χ1n) is 11.4. The minimum Gasteiger partial charge on any atom is -0.493 e. The fraction of sp³-hybridized carbons (Fsp3) is 0.520. The molecule has 1 aromatic heterocycles. The van der Waals surface area contributed by atoms with Gasteiger partial charge in [0.1, 0.15) is 5.56 Å². The molecule has 0 spiro atoms. The van der Waals surface area contributed by atoms with Gasteiger partial charge < -0.3 is 14.2 Å². The lowest BCUT2D eigenvalue weighted by Gasteiger charge is -2.44. The van der Waals surface area contributed by atoms with Crippen molar-refractivity contribution < 1.29 is 27.8 Å². The zero-order chi connectivity index (χ0) is 24.4. The Hall–Kier alpha value is -3.10. The van der Waals surface area contributed by atoms with Crippen LogP contribution in [0, 0.1) is 5.92 Å². The van der Waals surface area contributed by atoms with Crippen molar-refractivity contribution in [3.63, 3.8) is 0 Å². The Labute approximate surface area is 196 Å². The quantitative estimate of drug-likeness (QED) is 0.602. The molecule has 5 rings (SSSR count). The van der Waals surface area contributed by atoms with E-state index in [1.165, 1.54) is 20.3 Å². The van der Waals surface area contributed by atoms with Crippen molar-refractivity contribution in [3.8, 4) is 22.8 Å². The fourth-order valence-corrected chi connectivity index (χ4v) is 5.50. The molecule has 1 atom stereocenters. The topological polar surface area (TPSA) is 70.0 Å². The second-order valence-electron chi connectivity index (χ2n) is 10.0. The Morgan fingerprint density at radius 2 is 1.88 bits per heavy atom. The average molecular weight is 475 g/mol. The van der Waals surface area contributed by atoms with Crippen LogP contribution in [0.1, 0.15) is 61.5 Å². The number of benzene rings is 1. The van der Waals surface area contributed by atoms with Crippen LogP contribution in [-0.4, -0.2) is 42.9 Å².